The molecule has 0 radical (unpaired) electrons. The molecule has 0 saturated heterocycles. The monoisotopic (exact) mass is 593 g/mol. The molecular formula is C30H52N5O5P. The second-order valence-electron chi connectivity index (χ2n) is 11.7. The fraction of sp³-hybridized carbons (Fsp3) is 0.767. The summed E-state index contributed by atoms with van der Waals surface area (Å²) in [5.41, 5.74) is 7.04. The van der Waals surface area contributed by atoms with Crippen molar-refractivity contribution >= 4 is 24.6 Å². The molecular weight excluding hydrogens is 541 g/mol. The second-order valence-corrected chi connectivity index (χ2v) is 13.5. The maximum absolute atomic E-state index is 12.3. The number of ether oxygens (including phenoxy) is 2. The van der Waals surface area contributed by atoms with Crippen molar-refractivity contribution < 1.29 is 23.5 Å². The van der Waals surface area contributed by atoms with Crippen molar-refractivity contribution in [1.82, 2.24) is 19.5 Å². The van der Waals surface area contributed by atoms with Crippen LogP contribution in [0.1, 0.15) is 105 Å². The molecule has 2 aromatic heterocycles. The molecule has 3 N–H and O–H groups in total. The third-order valence-electron chi connectivity index (χ3n) is 6.44. The van der Waals surface area contributed by atoms with Gasteiger partial charge in [0.25, 0.3) is 0 Å². The van der Waals surface area contributed by atoms with E-state index in [-0.39, 0.29) is 24.5 Å². The normalized spacial score (nSPS) is 14.1. The van der Waals surface area contributed by atoms with E-state index in [0.29, 0.717) is 36.6 Å². The molecule has 0 bridgehead atoms. The molecule has 0 fully saturated rings. The van der Waals surface area contributed by atoms with Gasteiger partial charge in [-0.15, -0.1) is 5.92 Å². The molecule has 10 nitrogen and oxygen atoms in total. The van der Waals surface area contributed by atoms with Gasteiger partial charge in [0.05, 0.1) is 25.6 Å². The van der Waals surface area contributed by atoms with Crippen LogP contribution in [-0.4, -0.2) is 56.7 Å². The fourth-order valence-electron chi connectivity index (χ4n) is 4.25. The summed E-state index contributed by atoms with van der Waals surface area (Å²) in [6.07, 6.45) is 16.4. The molecule has 2 aromatic rings. The highest BCUT2D eigenvalue weighted by molar-refractivity contribution is 7.52. The second kappa shape index (κ2) is 19.2. The minimum absolute atomic E-state index is 0.123. The highest BCUT2D eigenvalue weighted by Gasteiger charge is 2.21. The van der Waals surface area contributed by atoms with E-state index < -0.39 is 7.60 Å². The summed E-state index contributed by atoms with van der Waals surface area (Å²) in [7, 11) is -3.84. The number of rotatable bonds is 22. The highest BCUT2D eigenvalue weighted by Crippen LogP contribution is 2.42. The molecule has 0 spiro atoms. The smallest absolute Gasteiger partial charge is 0.353 e. The summed E-state index contributed by atoms with van der Waals surface area (Å²) in [5.74, 6) is 6.91. The number of hydrogen-bond acceptors (Lipinski definition) is 8. The van der Waals surface area contributed by atoms with Crippen molar-refractivity contribution in [1.29, 1.82) is 0 Å². The third-order valence-corrected chi connectivity index (χ3v) is 7.50. The quantitative estimate of drug-likeness (QED) is 0.0866. The van der Waals surface area contributed by atoms with Gasteiger partial charge in [0.2, 0.25) is 0 Å². The Bertz CT molecular complexity index is 1110. The van der Waals surface area contributed by atoms with Gasteiger partial charge in [-0.3, -0.25) is 4.57 Å². The number of aromatic nitrogens is 4. The number of fused-ring (bicyclic) bond motifs is 1. The summed E-state index contributed by atoms with van der Waals surface area (Å²) < 4.78 is 30.4. The van der Waals surface area contributed by atoms with E-state index in [1.54, 1.807) is 17.8 Å². The standard InChI is InChI=1S/C30H52N5O5P/c1-26(22-35-24-34-27-28(31)32-23-33-29(27)35)39-25-41(36,37)40-21-17-20-38-19-16-14-12-10-8-6-5-7-9-11-13-15-18-30(2,3)4/h23-24,26H,5-14,16-17,19-22,25H2,1-4H3,(H,36,37)(H2,31,32,33)/t26-/m1/s1. The molecule has 2 atom stereocenters. The van der Waals surface area contributed by atoms with Crippen LogP contribution in [-0.2, 0) is 25.1 Å². The SMILES string of the molecule is C[C@H](Cn1cnc2c(N)ncnc21)OCP(=O)(O)OCCCOCCCCCCCCCCCCC#CC(C)(C)C. The van der Waals surface area contributed by atoms with Gasteiger partial charge >= 0.3 is 7.60 Å². The van der Waals surface area contributed by atoms with Crippen molar-refractivity contribution in [3.05, 3.63) is 12.7 Å². The molecule has 1 unspecified atom stereocenters. The molecule has 0 aromatic carbocycles. The minimum atomic E-state index is -3.84. The first-order valence-electron chi connectivity index (χ1n) is 15.1. The van der Waals surface area contributed by atoms with Crippen LogP contribution in [0, 0.1) is 17.3 Å². The van der Waals surface area contributed by atoms with Gasteiger partial charge in [0, 0.05) is 25.0 Å². The molecule has 41 heavy (non-hydrogen) atoms. The average Bonchev–Trinajstić information content (AvgIpc) is 3.32. The van der Waals surface area contributed by atoms with E-state index in [4.69, 9.17) is 19.7 Å². The predicted molar refractivity (Wildman–Crippen MR) is 164 cm³/mol. The van der Waals surface area contributed by atoms with E-state index in [1.807, 2.05) is 0 Å². The van der Waals surface area contributed by atoms with E-state index >= 15 is 0 Å². The van der Waals surface area contributed by atoms with Gasteiger partial charge in [-0.1, -0.05) is 57.3 Å². The number of imidazole rings is 1. The largest absolute Gasteiger partial charge is 0.382 e. The van der Waals surface area contributed by atoms with Gasteiger partial charge in [0.1, 0.15) is 18.2 Å². The van der Waals surface area contributed by atoms with E-state index in [1.165, 1.54) is 64.1 Å². The maximum Gasteiger partial charge on any atom is 0.353 e. The van der Waals surface area contributed by atoms with E-state index in [2.05, 4.69) is 47.6 Å². The first-order valence-corrected chi connectivity index (χ1v) is 16.9. The summed E-state index contributed by atoms with van der Waals surface area (Å²) in [6, 6.07) is 0. The van der Waals surface area contributed by atoms with Crippen LogP contribution in [0.5, 0.6) is 0 Å². The lowest BCUT2D eigenvalue weighted by atomic mass is 9.97. The van der Waals surface area contributed by atoms with Crippen LogP contribution in [0.25, 0.3) is 11.2 Å². The Kier molecular flexibility index (Phi) is 16.5. The van der Waals surface area contributed by atoms with E-state index in [0.717, 1.165) is 19.4 Å². The Balaban J connectivity index is 1.37. The van der Waals surface area contributed by atoms with Crippen LogP contribution in [0.2, 0.25) is 0 Å². The number of unbranched alkanes of at least 4 members (excludes halogenated alkanes) is 10. The number of anilines is 1. The Morgan fingerprint density at radius 3 is 2.27 bits per heavy atom. The highest BCUT2D eigenvalue weighted by atomic mass is 31.2. The van der Waals surface area contributed by atoms with Gasteiger partial charge in [-0.05, 0) is 47.0 Å². The van der Waals surface area contributed by atoms with Crippen molar-refractivity contribution in [3.63, 3.8) is 0 Å². The lowest BCUT2D eigenvalue weighted by molar-refractivity contribution is 0.0688. The Hall–Kier alpha value is -2.02. The number of nitrogens with zero attached hydrogens (tertiary/aromatic N) is 4. The predicted octanol–water partition coefficient (Wildman–Crippen LogP) is 6.72. The van der Waals surface area contributed by atoms with Crippen molar-refractivity contribution in [3.8, 4) is 11.8 Å². The zero-order valence-electron chi connectivity index (χ0n) is 25.6. The fourth-order valence-corrected chi connectivity index (χ4v) is 5.18. The summed E-state index contributed by atoms with van der Waals surface area (Å²) in [5, 5.41) is 0. The lowest BCUT2D eigenvalue weighted by Crippen LogP contribution is -2.17. The van der Waals surface area contributed by atoms with Gasteiger partial charge < -0.3 is 29.2 Å². The van der Waals surface area contributed by atoms with Crippen LogP contribution < -0.4 is 5.73 Å². The molecule has 0 aliphatic carbocycles. The molecule has 0 amide bonds. The number of nitrogens with two attached hydrogens (primary N) is 1. The molecule has 2 rings (SSSR count). The Morgan fingerprint density at radius 2 is 1.59 bits per heavy atom. The average molecular weight is 594 g/mol. The summed E-state index contributed by atoms with van der Waals surface area (Å²) in [6.45, 7) is 10.1. The van der Waals surface area contributed by atoms with Crippen LogP contribution in [0.3, 0.4) is 0 Å². The molecule has 0 saturated carbocycles. The number of hydrogen-bond donors (Lipinski definition) is 2. The lowest BCUT2D eigenvalue weighted by Gasteiger charge is -2.17. The van der Waals surface area contributed by atoms with Gasteiger partial charge in [0.15, 0.2) is 11.5 Å². The van der Waals surface area contributed by atoms with Crippen molar-refractivity contribution in [2.45, 2.75) is 117 Å². The molecule has 0 aliphatic rings. The Labute approximate surface area is 246 Å². The van der Waals surface area contributed by atoms with Crippen molar-refractivity contribution in [2.75, 3.05) is 31.9 Å². The van der Waals surface area contributed by atoms with Crippen molar-refractivity contribution in [2.24, 2.45) is 5.41 Å². The molecule has 0 aliphatic heterocycles. The van der Waals surface area contributed by atoms with Crippen LogP contribution in [0.15, 0.2) is 12.7 Å². The zero-order chi connectivity index (χ0) is 30.0. The van der Waals surface area contributed by atoms with Gasteiger partial charge in [-0.25, -0.2) is 15.0 Å². The van der Waals surface area contributed by atoms with Crippen LogP contribution in [0.4, 0.5) is 5.82 Å². The minimum Gasteiger partial charge on any atom is -0.382 e. The zero-order valence-corrected chi connectivity index (χ0v) is 26.5. The van der Waals surface area contributed by atoms with Crippen LogP contribution >= 0.6 is 7.60 Å². The molecule has 232 valence electrons. The van der Waals surface area contributed by atoms with Gasteiger partial charge in [-0.2, -0.15) is 0 Å². The molecule has 11 heteroatoms. The number of nitrogen functional groups attached to an aromatic ring is 1. The Morgan fingerprint density at radius 1 is 0.951 bits per heavy atom. The van der Waals surface area contributed by atoms with E-state index in [9.17, 15) is 9.46 Å². The first-order chi connectivity index (χ1) is 19.6. The topological polar surface area (TPSA) is 135 Å². The molecule has 2 heterocycles. The first kappa shape index (κ1) is 35.2. The third kappa shape index (κ3) is 16.3. The maximum atomic E-state index is 12.3. The summed E-state index contributed by atoms with van der Waals surface area (Å²) >= 11 is 0. The summed E-state index contributed by atoms with van der Waals surface area (Å²) in [4.78, 5) is 22.4.